The van der Waals surface area contributed by atoms with Gasteiger partial charge < -0.3 is 10.1 Å². The molecule has 0 aromatic carbocycles. The standard InChI is InChI=1S/C11H16N2OS/c1-14-10-3-2-6-12-11(10)13-9-4-7-15-8-5-9/h2-3,6,9H,4-5,7-8H2,1H3,(H,12,13). The van der Waals surface area contributed by atoms with Crippen LogP contribution in [0.15, 0.2) is 18.3 Å². The van der Waals surface area contributed by atoms with Crippen LogP contribution in [-0.4, -0.2) is 29.6 Å². The van der Waals surface area contributed by atoms with Crippen molar-refractivity contribution in [2.45, 2.75) is 18.9 Å². The summed E-state index contributed by atoms with van der Waals surface area (Å²) in [6.07, 6.45) is 4.22. The number of hydrogen-bond acceptors (Lipinski definition) is 4. The summed E-state index contributed by atoms with van der Waals surface area (Å²) in [6, 6.07) is 4.38. The van der Waals surface area contributed by atoms with Crippen molar-refractivity contribution in [3.8, 4) is 5.75 Å². The first-order chi connectivity index (χ1) is 7.40. The van der Waals surface area contributed by atoms with Gasteiger partial charge in [0.15, 0.2) is 11.6 Å². The zero-order valence-electron chi connectivity index (χ0n) is 8.90. The van der Waals surface area contributed by atoms with E-state index in [-0.39, 0.29) is 0 Å². The Morgan fingerprint density at radius 2 is 2.27 bits per heavy atom. The highest BCUT2D eigenvalue weighted by atomic mass is 32.2. The topological polar surface area (TPSA) is 34.1 Å². The largest absolute Gasteiger partial charge is 0.493 e. The lowest BCUT2D eigenvalue weighted by atomic mass is 10.1. The molecule has 2 heterocycles. The van der Waals surface area contributed by atoms with Crippen molar-refractivity contribution in [1.82, 2.24) is 4.98 Å². The second-order valence-corrected chi connectivity index (χ2v) is 4.81. The van der Waals surface area contributed by atoms with E-state index >= 15 is 0 Å². The average molecular weight is 224 g/mol. The molecule has 1 saturated heterocycles. The minimum absolute atomic E-state index is 0.551. The molecular formula is C11H16N2OS. The number of methoxy groups -OCH3 is 1. The zero-order chi connectivity index (χ0) is 10.5. The highest BCUT2D eigenvalue weighted by Crippen LogP contribution is 2.25. The number of thioether (sulfide) groups is 1. The summed E-state index contributed by atoms with van der Waals surface area (Å²) in [7, 11) is 1.68. The summed E-state index contributed by atoms with van der Waals surface area (Å²) >= 11 is 2.03. The first-order valence-corrected chi connectivity index (χ1v) is 6.39. The molecule has 1 aliphatic heterocycles. The van der Waals surface area contributed by atoms with E-state index in [4.69, 9.17) is 4.74 Å². The molecule has 3 nitrogen and oxygen atoms in total. The second-order valence-electron chi connectivity index (χ2n) is 3.59. The van der Waals surface area contributed by atoms with Crippen LogP contribution in [0.1, 0.15) is 12.8 Å². The van der Waals surface area contributed by atoms with Gasteiger partial charge >= 0.3 is 0 Å². The maximum atomic E-state index is 5.26. The summed E-state index contributed by atoms with van der Waals surface area (Å²) in [4.78, 5) is 4.30. The average Bonchev–Trinajstić information content (AvgIpc) is 2.31. The van der Waals surface area contributed by atoms with Crippen LogP contribution in [0, 0.1) is 0 Å². The molecule has 0 unspecified atom stereocenters. The molecule has 1 fully saturated rings. The van der Waals surface area contributed by atoms with Crippen LogP contribution in [0.2, 0.25) is 0 Å². The lowest BCUT2D eigenvalue weighted by molar-refractivity contribution is 0.414. The van der Waals surface area contributed by atoms with Gasteiger partial charge in [-0.05, 0) is 36.5 Å². The number of pyridine rings is 1. The number of nitrogens with one attached hydrogen (secondary N) is 1. The third kappa shape index (κ3) is 2.78. The first kappa shape index (κ1) is 10.6. The molecule has 4 heteroatoms. The predicted molar refractivity (Wildman–Crippen MR) is 64.8 cm³/mol. The normalized spacial score (nSPS) is 17.4. The SMILES string of the molecule is COc1cccnc1NC1CCSCC1. The lowest BCUT2D eigenvalue weighted by Crippen LogP contribution is -2.25. The molecule has 1 aromatic heterocycles. The Bertz CT molecular complexity index is 313. The fourth-order valence-corrected chi connectivity index (χ4v) is 2.81. The van der Waals surface area contributed by atoms with Crippen molar-refractivity contribution in [3.05, 3.63) is 18.3 Å². The number of ether oxygens (including phenoxy) is 1. The molecule has 1 aliphatic rings. The molecule has 82 valence electrons. The zero-order valence-corrected chi connectivity index (χ0v) is 9.72. The molecule has 1 N–H and O–H groups in total. The van der Waals surface area contributed by atoms with E-state index in [2.05, 4.69) is 10.3 Å². The Morgan fingerprint density at radius 1 is 1.47 bits per heavy atom. The fraction of sp³-hybridized carbons (Fsp3) is 0.545. The Kier molecular flexibility index (Phi) is 3.72. The van der Waals surface area contributed by atoms with E-state index in [0.29, 0.717) is 6.04 Å². The Labute approximate surface area is 94.6 Å². The molecule has 0 aliphatic carbocycles. The van der Waals surface area contributed by atoms with Gasteiger partial charge in [0.2, 0.25) is 0 Å². The summed E-state index contributed by atoms with van der Waals surface area (Å²) < 4.78 is 5.26. The summed E-state index contributed by atoms with van der Waals surface area (Å²) in [5.41, 5.74) is 0. The highest BCUT2D eigenvalue weighted by molar-refractivity contribution is 7.99. The summed E-state index contributed by atoms with van der Waals surface area (Å²) in [5.74, 6) is 4.19. The van der Waals surface area contributed by atoms with Crippen LogP contribution in [-0.2, 0) is 0 Å². The van der Waals surface area contributed by atoms with Crippen LogP contribution in [0.25, 0.3) is 0 Å². The Hall–Kier alpha value is -0.900. The third-order valence-corrected chi connectivity index (χ3v) is 3.60. The van der Waals surface area contributed by atoms with Crippen LogP contribution in [0.5, 0.6) is 5.75 Å². The maximum absolute atomic E-state index is 5.26. The summed E-state index contributed by atoms with van der Waals surface area (Å²) in [5, 5.41) is 3.45. The monoisotopic (exact) mass is 224 g/mol. The number of anilines is 1. The van der Waals surface area contributed by atoms with E-state index < -0.39 is 0 Å². The van der Waals surface area contributed by atoms with Crippen LogP contribution >= 0.6 is 11.8 Å². The smallest absolute Gasteiger partial charge is 0.168 e. The maximum Gasteiger partial charge on any atom is 0.168 e. The van der Waals surface area contributed by atoms with Gasteiger partial charge in [-0.3, -0.25) is 0 Å². The Morgan fingerprint density at radius 3 is 3.00 bits per heavy atom. The molecule has 2 rings (SSSR count). The number of aromatic nitrogens is 1. The van der Waals surface area contributed by atoms with Gasteiger partial charge in [0.25, 0.3) is 0 Å². The van der Waals surface area contributed by atoms with Gasteiger partial charge in [-0.25, -0.2) is 4.98 Å². The van der Waals surface area contributed by atoms with Crippen molar-refractivity contribution in [2.75, 3.05) is 23.9 Å². The van der Waals surface area contributed by atoms with Crippen LogP contribution in [0.3, 0.4) is 0 Å². The molecule has 0 amide bonds. The third-order valence-electron chi connectivity index (χ3n) is 2.55. The number of rotatable bonds is 3. The molecule has 0 bridgehead atoms. The first-order valence-electron chi connectivity index (χ1n) is 5.23. The van der Waals surface area contributed by atoms with Crippen molar-refractivity contribution in [1.29, 1.82) is 0 Å². The van der Waals surface area contributed by atoms with E-state index in [1.165, 1.54) is 24.3 Å². The Balaban J connectivity index is 2.02. The van der Waals surface area contributed by atoms with Crippen molar-refractivity contribution in [3.63, 3.8) is 0 Å². The van der Waals surface area contributed by atoms with E-state index in [0.717, 1.165) is 11.6 Å². The van der Waals surface area contributed by atoms with Crippen molar-refractivity contribution < 1.29 is 4.74 Å². The minimum Gasteiger partial charge on any atom is -0.493 e. The van der Waals surface area contributed by atoms with Gasteiger partial charge in [-0.15, -0.1) is 0 Å². The molecular weight excluding hydrogens is 208 g/mol. The van der Waals surface area contributed by atoms with Crippen LogP contribution in [0.4, 0.5) is 5.82 Å². The molecule has 1 aromatic rings. The molecule has 0 saturated carbocycles. The van der Waals surface area contributed by atoms with Crippen LogP contribution < -0.4 is 10.1 Å². The summed E-state index contributed by atoms with van der Waals surface area (Å²) in [6.45, 7) is 0. The lowest BCUT2D eigenvalue weighted by Gasteiger charge is -2.23. The highest BCUT2D eigenvalue weighted by Gasteiger charge is 2.15. The number of hydrogen-bond donors (Lipinski definition) is 1. The van der Waals surface area contributed by atoms with E-state index in [1.54, 1.807) is 13.3 Å². The fourth-order valence-electron chi connectivity index (χ4n) is 1.70. The van der Waals surface area contributed by atoms with Gasteiger partial charge in [0, 0.05) is 12.2 Å². The van der Waals surface area contributed by atoms with Crippen molar-refractivity contribution in [2.24, 2.45) is 0 Å². The van der Waals surface area contributed by atoms with E-state index in [9.17, 15) is 0 Å². The second kappa shape index (κ2) is 5.26. The van der Waals surface area contributed by atoms with Gasteiger partial charge in [-0.1, -0.05) is 0 Å². The quantitative estimate of drug-likeness (QED) is 0.855. The number of nitrogens with zero attached hydrogens (tertiary/aromatic N) is 1. The molecule has 0 atom stereocenters. The van der Waals surface area contributed by atoms with Gasteiger partial charge in [0.1, 0.15) is 0 Å². The predicted octanol–water partition coefficient (Wildman–Crippen LogP) is 2.40. The van der Waals surface area contributed by atoms with E-state index in [1.807, 2.05) is 23.9 Å². The van der Waals surface area contributed by atoms with Gasteiger partial charge in [-0.2, -0.15) is 11.8 Å². The van der Waals surface area contributed by atoms with Crippen molar-refractivity contribution >= 4 is 17.6 Å². The molecule has 0 spiro atoms. The molecule has 15 heavy (non-hydrogen) atoms. The molecule has 0 radical (unpaired) electrons. The minimum atomic E-state index is 0.551. The van der Waals surface area contributed by atoms with Gasteiger partial charge in [0.05, 0.1) is 7.11 Å².